The van der Waals surface area contributed by atoms with Gasteiger partial charge in [-0.25, -0.2) is 0 Å². The van der Waals surface area contributed by atoms with Crippen LogP contribution in [0.15, 0.2) is 78.5 Å². The molecule has 0 radical (unpaired) electrons. The number of hydrogen-bond acceptors (Lipinski definition) is 2. The lowest BCUT2D eigenvalue weighted by atomic mass is 9.80. The van der Waals surface area contributed by atoms with Gasteiger partial charge in [-0.2, -0.15) is 0 Å². The first-order valence-corrected chi connectivity index (χ1v) is 7.73. The standard InChI is InChI=1S/C20H22N2/c21-18-12-14-20(22,15-13-18)19-9-5-4-8-17(19)11-10-16-6-2-1-3-7-16/h1-9,12-14H,10-11,15,21-22H2. The Morgan fingerprint density at radius 3 is 2.36 bits per heavy atom. The molecule has 0 saturated heterocycles. The highest BCUT2D eigenvalue weighted by Gasteiger charge is 2.27. The molecule has 1 aliphatic carbocycles. The molecule has 112 valence electrons. The Labute approximate surface area is 132 Å². The van der Waals surface area contributed by atoms with Gasteiger partial charge in [-0.1, -0.05) is 66.7 Å². The Balaban J connectivity index is 1.83. The van der Waals surface area contributed by atoms with Crippen molar-refractivity contribution in [3.63, 3.8) is 0 Å². The lowest BCUT2D eigenvalue weighted by molar-refractivity contribution is 0.555. The van der Waals surface area contributed by atoms with Crippen LogP contribution >= 0.6 is 0 Å². The third kappa shape index (κ3) is 3.12. The molecule has 2 nitrogen and oxygen atoms in total. The van der Waals surface area contributed by atoms with E-state index in [1.165, 1.54) is 16.7 Å². The van der Waals surface area contributed by atoms with E-state index >= 15 is 0 Å². The van der Waals surface area contributed by atoms with Crippen molar-refractivity contribution >= 4 is 0 Å². The van der Waals surface area contributed by atoms with Crippen molar-refractivity contribution in [3.8, 4) is 0 Å². The van der Waals surface area contributed by atoms with Gasteiger partial charge in [0.05, 0.1) is 5.54 Å². The van der Waals surface area contributed by atoms with Crippen LogP contribution in [0.4, 0.5) is 0 Å². The molecular formula is C20H22N2. The van der Waals surface area contributed by atoms with Crippen molar-refractivity contribution in [1.82, 2.24) is 0 Å². The minimum atomic E-state index is -0.448. The van der Waals surface area contributed by atoms with Gasteiger partial charge in [0.2, 0.25) is 0 Å². The van der Waals surface area contributed by atoms with Gasteiger partial charge >= 0.3 is 0 Å². The average molecular weight is 290 g/mol. The summed E-state index contributed by atoms with van der Waals surface area (Å²) in [7, 11) is 0. The first-order valence-electron chi connectivity index (χ1n) is 7.73. The lowest BCUT2D eigenvalue weighted by Gasteiger charge is -2.30. The molecule has 2 aromatic carbocycles. The van der Waals surface area contributed by atoms with Crippen molar-refractivity contribution < 1.29 is 0 Å². The van der Waals surface area contributed by atoms with Gasteiger partial charge in [0.1, 0.15) is 0 Å². The van der Waals surface area contributed by atoms with Crippen LogP contribution in [0.1, 0.15) is 23.1 Å². The summed E-state index contributed by atoms with van der Waals surface area (Å²) in [5.41, 5.74) is 16.7. The van der Waals surface area contributed by atoms with Crippen LogP contribution in [0.3, 0.4) is 0 Å². The number of allylic oxidation sites excluding steroid dienone is 1. The normalized spacial score (nSPS) is 20.7. The maximum absolute atomic E-state index is 6.63. The van der Waals surface area contributed by atoms with E-state index in [0.717, 1.165) is 25.0 Å². The molecule has 2 heteroatoms. The van der Waals surface area contributed by atoms with Crippen LogP contribution in [0.2, 0.25) is 0 Å². The second-order valence-electron chi connectivity index (χ2n) is 5.92. The molecule has 0 amide bonds. The Morgan fingerprint density at radius 2 is 1.64 bits per heavy atom. The number of rotatable bonds is 4. The largest absolute Gasteiger partial charge is 0.399 e. The summed E-state index contributed by atoms with van der Waals surface area (Å²) in [4.78, 5) is 0. The summed E-state index contributed by atoms with van der Waals surface area (Å²) in [5, 5.41) is 0. The summed E-state index contributed by atoms with van der Waals surface area (Å²) in [6.45, 7) is 0. The van der Waals surface area contributed by atoms with Crippen molar-refractivity contribution in [1.29, 1.82) is 0 Å². The summed E-state index contributed by atoms with van der Waals surface area (Å²) in [6.07, 6.45) is 8.72. The van der Waals surface area contributed by atoms with E-state index in [9.17, 15) is 0 Å². The van der Waals surface area contributed by atoms with E-state index < -0.39 is 5.54 Å². The molecule has 0 aliphatic heterocycles. The Bertz CT molecular complexity index is 701. The Hall–Kier alpha value is -2.32. The van der Waals surface area contributed by atoms with Gasteiger partial charge in [0.25, 0.3) is 0 Å². The van der Waals surface area contributed by atoms with Crippen molar-refractivity contribution in [2.24, 2.45) is 11.5 Å². The molecule has 0 aromatic heterocycles. The zero-order valence-corrected chi connectivity index (χ0v) is 12.7. The second kappa shape index (κ2) is 6.20. The number of hydrogen-bond donors (Lipinski definition) is 2. The van der Waals surface area contributed by atoms with Crippen LogP contribution in [0.5, 0.6) is 0 Å². The predicted octanol–water partition coefficient (Wildman–Crippen LogP) is 3.43. The highest BCUT2D eigenvalue weighted by Crippen LogP contribution is 2.31. The summed E-state index contributed by atoms with van der Waals surface area (Å²) in [5.74, 6) is 0. The van der Waals surface area contributed by atoms with Gasteiger partial charge in [0, 0.05) is 5.70 Å². The second-order valence-corrected chi connectivity index (χ2v) is 5.92. The van der Waals surface area contributed by atoms with Gasteiger partial charge in [-0.05, 0) is 42.0 Å². The molecule has 0 fully saturated rings. The SMILES string of the molecule is NC1=CCC(N)(c2ccccc2CCc2ccccc2)C=C1. The highest BCUT2D eigenvalue weighted by molar-refractivity contribution is 5.41. The van der Waals surface area contributed by atoms with E-state index in [0.29, 0.717) is 0 Å². The molecule has 0 heterocycles. The predicted molar refractivity (Wildman–Crippen MR) is 92.2 cm³/mol. The van der Waals surface area contributed by atoms with E-state index in [1.54, 1.807) is 0 Å². The molecule has 1 atom stereocenters. The van der Waals surface area contributed by atoms with Gasteiger partial charge in [-0.3, -0.25) is 0 Å². The minimum Gasteiger partial charge on any atom is -0.399 e. The van der Waals surface area contributed by atoms with Crippen molar-refractivity contribution in [3.05, 3.63) is 95.2 Å². The number of aryl methyl sites for hydroxylation is 2. The molecule has 0 spiro atoms. The topological polar surface area (TPSA) is 52.0 Å². The molecule has 1 unspecified atom stereocenters. The highest BCUT2D eigenvalue weighted by atomic mass is 14.7. The fraction of sp³-hybridized carbons (Fsp3) is 0.200. The summed E-state index contributed by atoms with van der Waals surface area (Å²) >= 11 is 0. The monoisotopic (exact) mass is 290 g/mol. The molecule has 22 heavy (non-hydrogen) atoms. The Morgan fingerprint density at radius 1 is 0.909 bits per heavy atom. The van der Waals surface area contributed by atoms with Crippen molar-refractivity contribution in [2.45, 2.75) is 24.8 Å². The molecule has 2 aromatic rings. The molecule has 4 N–H and O–H groups in total. The average Bonchev–Trinajstić information content (AvgIpc) is 2.57. The molecule has 0 saturated carbocycles. The fourth-order valence-electron chi connectivity index (χ4n) is 2.98. The third-order valence-electron chi connectivity index (χ3n) is 4.29. The third-order valence-corrected chi connectivity index (χ3v) is 4.29. The van der Waals surface area contributed by atoms with Crippen LogP contribution < -0.4 is 11.5 Å². The zero-order valence-electron chi connectivity index (χ0n) is 12.7. The van der Waals surface area contributed by atoms with Gasteiger partial charge < -0.3 is 11.5 Å². The van der Waals surface area contributed by atoms with Crippen LogP contribution in [-0.4, -0.2) is 0 Å². The molecular weight excluding hydrogens is 268 g/mol. The fourth-order valence-corrected chi connectivity index (χ4v) is 2.98. The van der Waals surface area contributed by atoms with Crippen LogP contribution in [0, 0.1) is 0 Å². The first kappa shape index (κ1) is 14.6. The van der Waals surface area contributed by atoms with Gasteiger partial charge in [-0.15, -0.1) is 0 Å². The van der Waals surface area contributed by atoms with E-state index in [4.69, 9.17) is 11.5 Å². The minimum absolute atomic E-state index is 0.448. The molecule has 0 bridgehead atoms. The first-order chi connectivity index (χ1) is 10.7. The molecule has 1 aliphatic rings. The maximum Gasteiger partial charge on any atom is 0.0637 e. The van der Waals surface area contributed by atoms with E-state index in [1.807, 2.05) is 18.2 Å². The smallest absolute Gasteiger partial charge is 0.0637 e. The van der Waals surface area contributed by atoms with Crippen LogP contribution in [0.25, 0.3) is 0 Å². The summed E-state index contributed by atoms with van der Waals surface area (Å²) in [6, 6.07) is 19.0. The van der Waals surface area contributed by atoms with Crippen LogP contribution in [-0.2, 0) is 18.4 Å². The maximum atomic E-state index is 6.63. The Kier molecular flexibility index (Phi) is 4.12. The zero-order chi connectivity index (χ0) is 15.4. The molecule has 3 rings (SSSR count). The van der Waals surface area contributed by atoms with E-state index in [-0.39, 0.29) is 0 Å². The summed E-state index contributed by atoms with van der Waals surface area (Å²) < 4.78 is 0. The van der Waals surface area contributed by atoms with E-state index in [2.05, 4.69) is 54.6 Å². The van der Waals surface area contributed by atoms with Gasteiger partial charge in [0.15, 0.2) is 0 Å². The number of nitrogens with two attached hydrogens (primary N) is 2. The van der Waals surface area contributed by atoms with Crippen molar-refractivity contribution in [2.75, 3.05) is 0 Å². The quantitative estimate of drug-likeness (QED) is 0.906. The number of benzene rings is 2. The lowest BCUT2D eigenvalue weighted by Crippen LogP contribution is -2.36.